The maximum Gasteiger partial charge on any atom is 0.253 e. The zero-order valence-corrected chi connectivity index (χ0v) is 19.3. The molecule has 8 heteroatoms. The van der Waals surface area contributed by atoms with Gasteiger partial charge in [0.25, 0.3) is 5.91 Å². The molecule has 2 aliphatic rings. The van der Waals surface area contributed by atoms with Gasteiger partial charge < -0.3 is 9.64 Å². The fourth-order valence-corrected chi connectivity index (χ4v) is 5.25. The van der Waals surface area contributed by atoms with E-state index in [9.17, 15) is 13.2 Å². The molecule has 2 aliphatic heterocycles. The van der Waals surface area contributed by atoms with Gasteiger partial charge in [0.15, 0.2) is 0 Å². The van der Waals surface area contributed by atoms with Crippen molar-refractivity contribution < 1.29 is 17.9 Å². The quantitative estimate of drug-likeness (QED) is 0.691. The lowest BCUT2D eigenvalue weighted by atomic mass is 10.1. The average Bonchev–Trinajstić information content (AvgIpc) is 3.33. The van der Waals surface area contributed by atoms with Crippen molar-refractivity contribution in [2.45, 2.75) is 37.3 Å². The summed E-state index contributed by atoms with van der Waals surface area (Å²) in [6.07, 6.45) is 1.77. The number of hydrogen-bond donors (Lipinski definition) is 1. The Bertz CT molecular complexity index is 1030. The first kappa shape index (κ1) is 22.9. The largest absolute Gasteiger partial charge is 0.377 e. The first-order chi connectivity index (χ1) is 15.4. The number of nitrogens with one attached hydrogen (secondary N) is 1. The molecule has 32 heavy (non-hydrogen) atoms. The predicted octanol–water partition coefficient (Wildman–Crippen LogP) is 2.41. The molecular formula is C24H31N3O4S. The van der Waals surface area contributed by atoms with Crippen LogP contribution in [0.5, 0.6) is 0 Å². The van der Waals surface area contributed by atoms with Gasteiger partial charge in [0, 0.05) is 51.4 Å². The first-order valence-corrected chi connectivity index (χ1v) is 12.7. The lowest BCUT2D eigenvalue weighted by molar-refractivity contribution is 0.0628. The molecule has 0 radical (unpaired) electrons. The molecule has 2 saturated heterocycles. The van der Waals surface area contributed by atoms with Gasteiger partial charge in [-0.3, -0.25) is 9.69 Å². The summed E-state index contributed by atoms with van der Waals surface area (Å²) in [4.78, 5) is 17.3. The van der Waals surface area contributed by atoms with Crippen LogP contribution in [0.15, 0.2) is 53.4 Å². The van der Waals surface area contributed by atoms with Crippen molar-refractivity contribution in [2.75, 3.05) is 39.3 Å². The fraction of sp³-hybridized carbons (Fsp3) is 0.458. The Labute approximate surface area is 190 Å². The Balaban J connectivity index is 1.30. The summed E-state index contributed by atoms with van der Waals surface area (Å²) in [5.41, 5.74) is 3.11. The van der Waals surface area contributed by atoms with Crippen LogP contribution in [-0.2, 0) is 21.3 Å². The van der Waals surface area contributed by atoms with E-state index in [0.717, 1.165) is 32.5 Å². The van der Waals surface area contributed by atoms with E-state index in [-0.39, 0.29) is 23.5 Å². The van der Waals surface area contributed by atoms with E-state index < -0.39 is 10.0 Å². The van der Waals surface area contributed by atoms with E-state index in [4.69, 9.17) is 4.74 Å². The molecule has 0 spiro atoms. The molecule has 2 heterocycles. The van der Waals surface area contributed by atoms with E-state index in [1.807, 2.05) is 11.0 Å². The Hall–Kier alpha value is -2.26. The summed E-state index contributed by atoms with van der Waals surface area (Å²) in [7, 11) is -3.62. The van der Waals surface area contributed by atoms with Gasteiger partial charge in [0.05, 0.1) is 11.0 Å². The van der Waals surface area contributed by atoms with Crippen molar-refractivity contribution in [3.8, 4) is 0 Å². The predicted molar refractivity (Wildman–Crippen MR) is 123 cm³/mol. The lowest BCUT2D eigenvalue weighted by Gasteiger charge is -2.35. The summed E-state index contributed by atoms with van der Waals surface area (Å²) < 4.78 is 33.1. The summed E-state index contributed by atoms with van der Waals surface area (Å²) in [6.45, 7) is 6.93. The highest BCUT2D eigenvalue weighted by Gasteiger charge is 2.24. The number of carbonyl (C=O) groups is 1. The number of piperazine rings is 1. The maximum atomic E-state index is 12.9. The zero-order chi connectivity index (χ0) is 22.6. The third-order valence-electron chi connectivity index (χ3n) is 6.25. The second kappa shape index (κ2) is 10.1. The van der Waals surface area contributed by atoms with Crippen LogP contribution < -0.4 is 4.72 Å². The summed E-state index contributed by atoms with van der Waals surface area (Å²) >= 11 is 0. The van der Waals surface area contributed by atoms with Crippen LogP contribution >= 0.6 is 0 Å². The highest BCUT2D eigenvalue weighted by Crippen LogP contribution is 2.17. The average molecular weight is 458 g/mol. The second-order valence-electron chi connectivity index (χ2n) is 8.51. The van der Waals surface area contributed by atoms with Gasteiger partial charge in [-0.15, -0.1) is 0 Å². The van der Waals surface area contributed by atoms with Crippen LogP contribution in [0.3, 0.4) is 0 Å². The number of aryl methyl sites for hydroxylation is 1. The van der Waals surface area contributed by atoms with Crippen LogP contribution in [0.2, 0.25) is 0 Å². The first-order valence-electron chi connectivity index (χ1n) is 11.2. The van der Waals surface area contributed by atoms with Crippen molar-refractivity contribution in [2.24, 2.45) is 0 Å². The zero-order valence-electron chi connectivity index (χ0n) is 18.5. The number of ether oxygens (including phenoxy) is 1. The number of amides is 1. The minimum absolute atomic E-state index is 0.0585. The molecule has 4 rings (SSSR count). The van der Waals surface area contributed by atoms with E-state index in [1.165, 1.54) is 23.3 Å². The number of benzene rings is 2. The molecule has 2 aromatic carbocycles. The molecule has 0 aromatic heterocycles. The number of rotatable bonds is 7. The van der Waals surface area contributed by atoms with Crippen LogP contribution in [0.1, 0.15) is 34.3 Å². The Morgan fingerprint density at radius 2 is 1.78 bits per heavy atom. The molecule has 172 valence electrons. The van der Waals surface area contributed by atoms with Crippen LogP contribution in [0.25, 0.3) is 0 Å². The Kier molecular flexibility index (Phi) is 7.25. The minimum Gasteiger partial charge on any atom is -0.377 e. The van der Waals surface area contributed by atoms with E-state index in [1.54, 1.807) is 12.1 Å². The second-order valence-corrected chi connectivity index (χ2v) is 10.3. The Morgan fingerprint density at radius 1 is 1.06 bits per heavy atom. The van der Waals surface area contributed by atoms with Gasteiger partial charge in [-0.05, 0) is 55.2 Å². The Morgan fingerprint density at radius 3 is 2.44 bits per heavy atom. The van der Waals surface area contributed by atoms with Crippen LogP contribution in [0.4, 0.5) is 0 Å². The van der Waals surface area contributed by atoms with Crippen molar-refractivity contribution in [3.05, 3.63) is 65.2 Å². The van der Waals surface area contributed by atoms with E-state index >= 15 is 0 Å². The highest BCUT2D eigenvalue weighted by molar-refractivity contribution is 7.89. The molecular weight excluding hydrogens is 426 g/mol. The van der Waals surface area contributed by atoms with Crippen molar-refractivity contribution >= 4 is 15.9 Å². The number of hydrogen-bond acceptors (Lipinski definition) is 5. The third-order valence-corrected chi connectivity index (χ3v) is 7.69. The van der Waals surface area contributed by atoms with Crippen LogP contribution in [0, 0.1) is 6.92 Å². The standard InChI is InChI=1S/C24H31N3O4S/c1-19-5-2-3-6-21(19)18-26-12-14-27(15-13-26)24(28)20-8-10-23(11-9-20)32(29,30)25-17-22-7-4-16-31-22/h2-3,5-6,8-11,22,25H,4,7,12-18H2,1H3/t22-/m0/s1. The molecule has 1 atom stereocenters. The number of nitrogens with zero attached hydrogens (tertiary/aromatic N) is 2. The number of sulfonamides is 1. The smallest absolute Gasteiger partial charge is 0.253 e. The molecule has 0 bridgehead atoms. The molecule has 2 fully saturated rings. The van der Waals surface area contributed by atoms with E-state index in [0.29, 0.717) is 25.3 Å². The highest BCUT2D eigenvalue weighted by atomic mass is 32.2. The molecule has 0 saturated carbocycles. The monoisotopic (exact) mass is 457 g/mol. The molecule has 0 unspecified atom stereocenters. The van der Waals surface area contributed by atoms with Crippen molar-refractivity contribution in [1.82, 2.24) is 14.5 Å². The van der Waals surface area contributed by atoms with Gasteiger partial charge in [-0.1, -0.05) is 24.3 Å². The topological polar surface area (TPSA) is 79.0 Å². The molecule has 1 amide bonds. The summed E-state index contributed by atoms with van der Waals surface area (Å²) in [6, 6.07) is 14.6. The minimum atomic E-state index is -3.62. The van der Waals surface area contributed by atoms with Gasteiger partial charge >= 0.3 is 0 Å². The van der Waals surface area contributed by atoms with Gasteiger partial charge in [-0.25, -0.2) is 13.1 Å². The molecule has 0 aliphatic carbocycles. The van der Waals surface area contributed by atoms with Crippen molar-refractivity contribution in [3.63, 3.8) is 0 Å². The fourth-order valence-electron chi connectivity index (χ4n) is 4.19. The van der Waals surface area contributed by atoms with Crippen LogP contribution in [-0.4, -0.2) is 69.6 Å². The maximum absolute atomic E-state index is 12.9. The molecule has 2 aromatic rings. The normalized spacial score (nSPS) is 19.9. The van der Waals surface area contributed by atoms with Crippen molar-refractivity contribution in [1.29, 1.82) is 0 Å². The third kappa shape index (κ3) is 5.56. The SMILES string of the molecule is Cc1ccccc1CN1CCN(C(=O)c2ccc(S(=O)(=O)NC[C@@H]3CCCO3)cc2)CC1. The molecule has 1 N–H and O–H groups in total. The lowest BCUT2D eigenvalue weighted by Crippen LogP contribution is -2.48. The van der Waals surface area contributed by atoms with Gasteiger partial charge in [-0.2, -0.15) is 0 Å². The molecule has 7 nitrogen and oxygen atoms in total. The summed E-state index contributed by atoms with van der Waals surface area (Å²) in [5, 5.41) is 0. The number of carbonyl (C=O) groups excluding carboxylic acids is 1. The van der Waals surface area contributed by atoms with Gasteiger partial charge in [0.2, 0.25) is 10.0 Å². The van der Waals surface area contributed by atoms with Gasteiger partial charge in [0.1, 0.15) is 0 Å². The summed E-state index contributed by atoms with van der Waals surface area (Å²) in [5.74, 6) is -0.0585. The van der Waals surface area contributed by atoms with E-state index in [2.05, 4.69) is 34.7 Å².